The topological polar surface area (TPSA) is 93.7 Å². The lowest BCUT2D eigenvalue weighted by Gasteiger charge is -2.18. The molecule has 0 saturated heterocycles. The molecule has 0 spiro atoms. The summed E-state index contributed by atoms with van der Waals surface area (Å²) in [6.07, 6.45) is 0.429. The van der Waals surface area contributed by atoms with Gasteiger partial charge < -0.3 is 10.7 Å². The van der Waals surface area contributed by atoms with E-state index in [0.29, 0.717) is 6.42 Å². The fourth-order valence-corrected chi connectivity index (χ4v) is 1.29. The molecule has 0 rings (SSSR count). The van der Waals surface area contributed by atoms with Gasteiger partial charge >= 0.3 is 0 Å². The Morgan fingerprint density at radius 2 is 1.64 bits per heavy atom. The van der Waals surface area contributed by atoms with Crippen molar-refractivity contribution in [3.63, 3.8) is 0 Å². The molecular weight excluding hydrogens is 166 g/mol. The quantitative estimate of drug-likeness (QED) is 0.654. The molecule has 0 atom stereocenters. The average molecular weight is 183 g/mol. The average Bonchev–Trinajstić information content (AvgIpc) is 1.57. The Bertz CT molecular complexity index is 190. The summed E-state index contributed by atoms with van der Waals surface area (Å²) in [5.41, 5.74) is -0.0719. The van der Waals surface area contributed by atoms with Gasteiger partial charge in [-0.25, -0.2) is 8.42 Å². The molecule has 70 valence electrons. The van der Waals surface area contributed by atoms with E-state index in [0.717, 1.165) is 0 Å². The summed E-state index contributed by atoms with van der Waals surface area (Å²) in [5.74, 6) is -0.253. The van der Waals surface area contributed by atoms with Gasteiger partial charge in [-0.3, -0.25) is 0 Å². The first-order valence-corrected chi connectivity index (χ1v) is 4.72. The van der Waals surface area contributed by atoms with Crippen LogP contribution in [0.2, 0.25) is 0 Å². The Labute approximate surface area is 68.3 Å². The zero-order valence-electron chi connectivity index (χ0n) is 7.55. The van der Waals surface area contributed by atoms with Gasteiger partial charge in [0.05, 0.1) is 10.1 Å². The number of hydrogen-bond acceptors (Lipinski definition) is 3. The second kappa shape index (κ2) is 4.04. The van der Waals surface area contributed by atoms with E-state index in [9.17, 15) is 13.0 Å². The van der Waals surface area contributed by atoms with Gasteiger partial charge in [0.25, 0.3) is 0 Å². The monoisotopic (exact) mass is 183 g/mol. The van der Waals surface area contributed by atoms with Crippen LogP contribution in [0.1, 0.15) is 27.2 Å². The summed E-state index contributed by atoms with van der Waals surface area (Å²) in [6.45, 7) is 5.70. The molecule has 0 aliphatic carbocycles. The van der Waals surface area contributed by atoms with Crippen LogP contribution in [0.5, 0.6) is 0 Å². The van der Waals surface area contributed by atoms with Crippen molar-refractivity contribution in [3.05, 3.63) is 0 Å². The van der Waals surface area contributed by atoms with E-state index in [-0.39, 0.29) is 17.3 Å². The van der Waals surface area contributed by atoms with Gasteiger partial charge in [-0.2, -0.15) is 0 Å². The smallest absolute Gasteiger partial charge is 0.0946 e. The zero-order chi connectivity index (χ0) is 8.41. The normalized spacial score (nSPS) is 12.4. The SMILES string of the molecule is CC(C)(C)CCS(=O)(=O)[O-].[NH4+]. The van der Waals surface area contributed by atoms with Crippen molar-refractivity contribution in [2.45, 2.75) is 27.2 Å². The van der Waals surface area contributed by atoms with E-state index >= 15 is 0 Å². The van der Waals surface area contributed by atoms with Crippen LogP contribution >= 0.6 is 0 Å². The highest BCUT2D eigenvalue weighted by Gasteiger charge is 2.11. The van der Waals surface area contributed by atoms with Crippen LogP contribution in [0, 0.1) is 5.41 Å². The van der Waals surface area contributed by atoms with Gasteiger partial charge in [-0.05, 0) is 11.8 Å². The van der Waals surface area contributed by atoms with Crippen molar-refractivity contribution < 1.29 is 13.0 Å². The number of rotatable bonds is 2. The Kier molecular flexibility index (Phi) is 4.94. The fourth-order valence-electron chi connectivity index (χ4n) is 0.431. The molecular formula is C6H17NO3S. The van der Waals surface area contributed by atoms with E-state index in [4.69, 9.17) is 0 Å². The summed E-state index contributed by atoms with van der Waals surface area (Å²) in [7, 11) is -4.01. The molecule has 0 aromatic carbocycles. The molecule has 0 saturated carbocycles. The lowest BCUT2D eigenvalue weighted by molar-refractivity contribution is 0.384. The third kappa shape index (κ3) is 13.0. The van der Waals surface area contributed by atoms with Gasteiger partial charge in [0.15, 0.2) is 0 Å². The number of quaternary nitrogens is 1. The maximum Gasteiger partial charge on any atom is 0.0946 e. The van der Waals surface area contributed by atoms with Crippen LogP contribution in [0.15, 0.2) is 0 Å². The predicted molar refractivity (Wildman–Crippen MR) is 44.6 cm³/mol. The van der Waals surface area contributed by atoms with Crippen LogP contribution < -0.4 is 6.15 Å². The van der Waals surface area contributed by atoms with Gasteiger partial charge in [-0.15, -0.1) is 0 Å². The van der Waals surface area contributed by atoms with Crippen molar-refractivity contribution in [2.24, 2.45) is 5.41 Å². The molecule has 0 unspecified atom stereocenters. The second-order valence-electron chi connectivity index (χ2n) is 3.57. The summed E-state index contributed by atoms with van der Waals surface area (Å²) in [6, 6.07) is 0. The minimum absolute atomic E-state index is 0. The van der Waals surface area contributed by atoms with E-state index in [2.05, 4.69) is 0 Å². The van der Waals surface area contributed by atoms with Crippen molar-refractivity contribution in [1.82, 2.24) is 6.15 Å². The van der Waals surface area contributed by atoms with Crippen molar-refractivity contribution in [1.29, 1.82) is 0 Å². The fraction of sp³-hybridized carbons (Fsp3) is 1.00. The first-order valence-electron chi connectivity index (χ1n) is 3.14. The van der Waals surface area contributed by atoms with Crippen molar-refractivity contribution in [2.75, 3.05) is 5.75 Å². The maximum atomic E-state index is 10.1. The molecule has 0 heterocycles. The molecule has 11 heavy (non-hydrogen) atoms. The van der Waals surface area contributed by atoms with Crippen LogP contribution in [0.4, 0.5) is 0 Å². The molecule has 0 fully saturated rings. The molecule has 0 bridgehead atoms. The van der Waals surface area contributed by atoms with Gasteiger partial charge in [0.1, 0.15) is 0 Å². The van der Waals surface area contributed by atoms with Crippen LogP contribution in [0.3, 0.4) is 0 Å². The highest BCUT2D eigenvalue weighted by molar-refractivity contribution is 7.85. The molecule has 0 aromatic rings. The van der Waals surface area contributed by atoms with Gasteiger partial charge in [0.2, 0.25) is 0 Å². The molecule has 0 amide bonds. The third-order valence-corrected chi connectivity index (χ3v) is 1.81. The highest BCUT2D eigenvalue weighted by Crippen LogP contribution is 2.18. The molecule has 0 aliphatic heterocycles. The summed E-state index contributed by atoms with van der Waals surface area (Å²) in [5, 5.41) is 0. The Morgan fingerprint density at radius 3 is 1.73 bits per heavy atom. The maximum absolute atomic E-state index is 10.1. The third-order valence-electron chi connectivity index (χ3n) is 1.10. The Hall–Kier alpha value is -0.130. The van der Waals surface area contributed by atoms with E-state index in [1.165, 1.54) is 0 Å². The predicted octanol–water partition coefficient (Wildman–Crippen LogP) is 1.34. The van der Waals surface area contributed by atoms with Crippen LogP contribution in [-0.2, 0) is 10.1 Å². The van der Waals surface area contributed by atoms with Crippen LogP contribution in [-0.4, -0.2) is 18.7 Å². The first kappa shape index (κ1) is 13.5. The minimum atomic E-state index is -4.01. The standard InChI is InChI=1S/C6H14O3S.H3N/c1-6(2,3)4-5-10(7,8)9;/h4-5H2,1-3H3,(H,7,8,9);1H3. The van der Waals surface area contributed by atoms with Crippen molar-refractivity contribution in [3.8, 4) is 0 Å². The van der Waals surface area contributed by atoms with E-state index < -0.39 is 10.1 Å². The lowest BCUT2D eigenvalue weighted by Crippen LogP contribution is -2.13. The summed E-state index contributed by atoms with van der Waals surface area (Å²) >= 11 is 0. The molecule has 4 nitrogen and oxygen atoms in total. The molecule has 4 N–H and O–H groups in total. The molecule has 0 aliphatic rings. The van der Waals surface area contributed by atoms with E-state index in [1.807, 2.05) is 20.8 Å². The Balaban J connectivity index is 0. The lowest BCUT2D eigenvalue weighted by atomic mass is 9.94. The first-order chi connectivity index (χ1) is 4.21. The largest absolute Gasteiger partial charge is 0.748 e. The van der Waals surface area contributed by atoms with E-state index in [1.54, 1.807) is 0 Å². The molecule has 0 radical (unpaired) electrons. The van der Waals surface area contributed by atoms with Crippen molar-refractivity contribution >= 4 is 10.1 Å². The van der Waals surface area contributed by atoms with Gasteiger partial charge in [-0.1, -0.05) is 20.8 Å². The highest BCUT2D eigenvalue weighted by atomic mass is 32.2. The summed E-state index contributed by atoms with van der Waals surface area (Å²) in [4.78, 5) is 0. The second-order valence-corrected chi connectivity index (χ2v) is 5.10. The number of hydrogen-bond donors (Lipinski definition) is 1. The molecule has 5 heteroatoms. The Morgan fingerprint density at radius 1 is 1.27 bits per heavy atom. The van der Waals surface area contributed by atoms with Gasteiger partial charge in [0, 0.05) is 5.75 Å². The summed E-state index contributed by atoms with van der Waals surface area (Å²) < 4.78 is 30.4. The molecule has 0 aromatic heterocycles. The minimum Gasteiger partial charge on any atom is -0.748 e. The zero-order valence-corrected chi connectivity index (χ0v) is 8.36. The van der Waals surface area contributed by atoms with Crippen LogP contribution in [0.25, 0.3) is 0 Å².